The van der Waals surface area contributed by atoms with Gasteiger partial charge in [0.15, 0.2) is 0 Å². The highest BCUT2D eigenvalue weighted by molar-refractivity contribution is 5.77. The van der Waals surface area contributed by atoms with E-state index in [4.69, 9.17) is 5.73 Å². The minimum absolute atomic E-state index is 0.00934. The molecule has 0 spiro atoms. The van der Waals surface area contributed by atoms with Gasteiger partial charge in [0.05, 0.1) is 0 Å². The molecule has 3 heteroatoms. The molecule has 0 aromatic heterocycles. The van der Waals surface area contributed by atoms with E-state index in [2.05, 4.69) is 19.2 Å². The van der Waals surface area contributed by atoms with E-state index in [0.717, 1.165) is 12.3 Å². The van der Waals surface area contributed by atoms with E-state index in [9.17, 15) is 4.79 Å². The fourth-order valence-electron chi connectivity index (χ4n) is 6.32. The van der Waals surface area contributed by atoms with Gasteiger partial charge in [-0.05, 0) is 61.7 Å². The average molecular weight is 278 g/mol. The van der Waals surface area contributed by atoms with Crippen LogP contribution in [0.3, 0.4) is 0 Å². The second kappa shape index (κ2) is 4.46. The van der Waals surface area contributed by atoms with Gasteiger partial charge in [0.1, 0.15) is 0 Å². The van der Waals surface area contributed by atoms with Crippen LogP contribution in [-0.2, 0) is 4.79 Å². The van der Waals surface area contributed by atoms with Gasteiger partial charge in [0.25, 0.3) is 0 Å². The molecule has 0 heterocycles. The van der Waals surface area contributed by atoms with Crippen molar-refractivity contribution in [1.29, 1.82) is 0 Å². The highest BCUT2D eigenvalue weighted by Crippen LogP contribution is 2.66. The van der Waals surface area contributed by atoms with Gasteiger partial charge in [-0.15, -0.1) is 0 Å². The van der Waals surface area contributed by atoms with Crippen LogP contribution in [0, 0.1) is 16.7 Å². The quantitative estimate of drug-likeness (QED) is 0.830. The van der Waals surface area contributed by atoms with Crippen LogP contribution in [-0.4, -0.2) is 17.5 Å². The molecule has 4 saturated carbocycles. The van der Waals surface area contributed by atoms with E-state index in [1.165, 1.54) is 38.5 Å². The third-order valence-electron chi connectivity index (χ3n) is 6.00. The van der Waals surface area contributed by atoms with Gasteiger partial charge in [-0.3, -0.25) is 4.79 Å². The first-order valence-electron chi connectivity index (χ1n) is 8.32. The lowest BCUT2D eigenvalue weighted by Gasteiger charge is -2.65. The number of nitrogens with two attached hydrogens (primary N) is 1. The van der Waals surface area contributed by atoms with Crippen molar-refractivity contribution in [3.63, 3.8) is 0 Å². The van der Waals surface area contributed by atoms with Crippen LogP contribution in [0.1, 0.15) is 72.1 Å². The van der Waals surface area contributed by atoms with Crippen LogP contribution in [0.25, 0.3) is 0 Å². The summed E-state index contributed by atoms with van der Waals surface area (Å²) in [6, 6.07) is 0.00934. The van der Waals surface area contributed by atoms with Gasteiger partial charge in [-0.1, -0.05) is 20.8 Å². The molecule has 4 aliphatic carbocycles. The van der Waals surface area contributed by atoms with Crippen molar-refractivity contribution in [1.82, 2.24) is 5.32 Å². The highest BCUT2D eigenvalue weighted by Gasteiger charge is 2.60. The summed E-state index contributed by atoms with van der Waals surface area (Å²) in [5.41, 5.74) is 6.91. The molecule has 114 valence electrons. The van der Waals surface area contributed by atoms with Crippen molar-refractivity contribution in [3.8, 4) is 0 Å². The third kappa shape index (κ3) is 2.49. The SMILES string of the molecule is CCC(N)CC(=O)NC12CC3CC(C)(CC(C)(C3)C1)C2. The van der Waals surface area contributed by atoms with Gasteiger partial charge < -0.3 is 11.1 Å². The summed E-state index contributed by atoms with van der Waals surface area (Å²) >= 11 is 0. The van der Waals surface area contributed by atoms with Gasteiger partial charge in [0, 0.05) is 18.0 Å². The molecular weight excluding hydrogens is 248 g/mol. The summed E-state index contributed by atoms with van der Waals surface area (Å²) in [6.07, 6.45) is 9.00. The van der Waals surface area contributed by atoms with Crippen LogP contribution < -0.4 is 11.1 Å². The Balaban J connectivity index is 1.74. The molecule has 3 nitrogen and oxygen atoms in total. The fraction of sp³-hybridized carbons (Fsp3) is 0.941. The number of hydrogen-bond acceptors (Lipinski definition) is 2. The van der Waals surface area contributed by atoms with E-state index in [0.29, 0.717) is 17.3 Å². The molecule has 0 aromatic carbocycles. The van der Waals surface area contributed by atoms with Crippen molar-refractivity contribution in [2.24, 2.45) is 22.5 Å². The molecule has 4 fully saturated rings. The predicted molar refractivity (Wildman–Crippen MR) is 81.2 cm³/mol. The van der Waals surface area contributed by atoms with Crippen LogP contribution in [0.4, 0.5) is 0 Å². The second-order valence-corrected chi connectivity index (χ2v) is 8.83. The average Bonchev–Trinajstić information content (AvgIpc) is 2.22. The summed E-state index contributed by atoms with van der Waals surface area (Å²) in [6.45, 7) is 6.92. The Labute approximate surface area is 123 Å². The number of carbonyl (C=O) groups is 1. The lowest BCUT2D eigenvalue weighted by molar-refractivity contribution is -0.139. The fourth-order valence-corrected chi connectivity index (χ4v) is 6.32. The van der Waals surface area contributed by atoms with Gasteiger partial charge in [-0.25, -0.2) is 0 Å². The Bertz CT molecular complexity index is 401. The van der Waals surface area contributed by atoms with Crippen molar-refractivity contribution in [2.75, 3.05) is 0 Å². The predicted octanol–water partition coefficient (Wildman–Crippen LogP) is 2.98. The summed E-state index contributed by atoms with van der Waals surface area (Å²) in [4.78, 5) is 12.3. The first-order chi connectivity index (χ1) is 9.26. The Morgan fingerprint density at radius 3 is 2.30 bits per heavy atom. The smallest absolute Gasteiger partial charge is 0.221 e. The molecule has 0 saturated heterocycles. The van der Waals surface area contributed by atoms with Crippen LogP contribution in [0.15, 0.2) is 0 Å². The van der Waals surface area contributed by atoms with Gasteiger partial charge in [-0.2, -0.15) is 0 Å². The van der Waals surface area contributed by atoms with Crippen LogP contribution in [0.2, 0.25) is 0 Å². The molecule has 4 rings (SSSR count). The zero-order valence-electron chi connectivity index (χ0n) is 13.3. The number of hydrogen-bond donors (Lipinski definition) is 2. The maximum atomic E-state index is 12.3. The molecule has 20 heavy (non-hydrogen) atoms. The van der Waals surface area contributed by atoms with Crippen molar-refractivity contribution in [3.05, 3.63) is 0 Å². The number of amides is 1. The number of rotatable bonds is 4. The van der Waals surface area contributed by atoms with E-state index in [-0.39, 0.29) is 17.5 Å². The lowest BCUT2D eigenvalue weighted by atomic mass is 9.43. The molecule has 3 atom stereocenters. The molecule has 4 aliphatic rings. The summed E-state index contributed by atoms with van der Waals surface area (Å²) in [5, 5.41) is 3.42. The molecule has 0 radical (unpaired) electrons. The first kappa shape index (κ1) is 14.4. The summed E-state index contributed by atoms with van der Waals surface area (Å²) < 4.78 is 0. The zero-order valence-corrected chi connectivity index (χ0v) is 13.3. The Kier molecular flexibility index (Phi) is 3.20. The van der Waals surface area contributed by atoms with E-state index >= 15 is 0 Å². The molecule has 0 aromatic rings. The van der Waals surface area contributed by atoms with E-state index in [1.807, 2.05) is 6.92 Å². The Hall–Kier alpha value is -0.570. The van der Waals surface area contributed by atoms with E-state index < -0.39 is 0 Å². The summed E-state index contributed by atoms with van der Waals surface area (Å²) in [7, 11) is 0. The molecular formula is C17H30N2O. The van der Waals surface area contributed by atoms with Crippen molar-refractivity contribution >= 4 is 5.91 Å². The summed E-state index contributed by atoms with van der Waals surface area (Å²) in [5.74, 6) is 0.995. The van der Waals surface area contributed by atoms with Crippen molar-refractivity contribution < 1.29 is 4.79 Å². The minimum Gasteiger partial charge on any atom is -0.351 e. The third-order valence-corrected chi connectivity index (χ3v) is 6.00. The molecule has 3 unspecified atom stereocenters. The minimum atomic E-state index is 0.00934. The largest absolute Gasteiger partial charge is 0.351 e. The topological polar surface area (TPSA) is 55.1 Å². The van der Waals surface area contributed by atoms with Gasteiger partial charge in [0.2, 0.25) is 5.91 Å². The maximum Gasteiger partial charge on any atom is 0.221 e. The zero-order chi connectivity index (χ0) is 14.6. The van der Waals surface area contributed by atoms with Crippen molar-refractivity contribution in [2.45, 2.75) is 83.7 Å². The second-order valence-electron chi connectivity index (χ2n) is 8.83. The number of carbonyl (C=O) groups excluding carboxylic acids is 1. The first-order valence-corrected chi connectivity index (χ1v) is 8.32. The molecule has 1 amide bonds. The molecule has 0 aliphatic heterocycles. The Morgan fingerprint density at radius 1 is 1.20 bits per heavy atom. The number of nitrogens with one attached hydrogen (secondary N) is 1. The van der Waals surface area contributed by atoms with Gasteiger partial charge >= 0.3 is 0 Å². The van der Waals surface area contributed by atoms with Crippen LogP contribution >= 0.6 is 0 Å². The van der Waals surface area contributed by atoms with Crippen LogP contribution in [0.5, 0.6) is 0 Å². The highest BCUT2D eigenvalue weighted by atomic mass is 16.1. The van der Waals surface area contributed by atoms with E-state index in [1.54, 1.807) is 0 Å². The molecule has 3 N–H and O–H groups in total. The monoisotopic (exact) mass is 278 g/mol. The molecule has 4 bridgehead atoms. The maximum absolute atomic E-state index is 12.3. The standard InChI is InChI=1S/C17H30N2O/c1-4-13(18)5-14(20)19-17-8-12-6-15(2,10-17)9-16(3,7-12)11-17/h12-13H,4-11,18H2,1-3H3,(H,19,20). The normalized spacial score (nSPS) is 47.3. The lowest BCUT2D eigenvalue weighted by Crippen LogP contribution is -2.65. The Morgan fingerprint density at radius 2 is 1.80 bits per heavy atom.